The van der Waals surface area contributed by atoms with Crippen molar-refractivity contribution in [2.45, 2.75) is 31.8 Å². The Morgan fingerprint density at radius 2 is 1.60 bits per heavy atom. The van der Waals surface area contributed by atoms with E-state index in [1.54, 1.807) is 20.8 Å². The maximum Gasteiger partial charge on any atom is 0.416 e. The maximum absolute atomic E-state index is 12.8. The molecule has 0 saturated carbocycles. The summed E-state index contributed by atoms with van der Waals surface area (Å²) < 4.78 is 62.4. The molecule has 1 aromatic carbocycles. The number of alkyl halides is 3. The number of nitrogens with zero attached hydrogens (tertiary/aromatic N) is 2. The molecule has 2 rings (SSSR count). The molecule has 0 atom stereocenters. The number of hydrogen-bond acceptors (Lipinski definition) is 6. The molecule has 162 valence electrons. The number of amides is 3. The van der Waals surface area contributed by atoms with Gasteiger partial charge in [0.1, 0.15) is 4.90 Å². The Balaban J connectivity index is 2.41. The summed E-state index contributed by atoms with van der Waals surface area (Å²) in [6.07, 6.45) is -2.74. The monoisotopic (exact) mass is 444 g/mol. The molecule has 0 radical (unpaired) electrons. The highest BCUT2D eigenvalue weighted by Gasteiger charge is 2.30. The topological polar surface area (TPSA) is 118 Å². The van der Waals surface area contributed by atoms with E-state index >= 15 is 0 Å². The van der Waals surface area contributed by atoms with E-state index in [9.17, 15) is 31.2 Å². The summed E-state index contributed by atoms with van der Waals surface area (Å²) in [4.78, 5) is 31.2. The lowest BCUT2D eigenvalue weighted by atomic mass is 9.96. The summed E-state index contributed by atoms with van der Waals surface area (Å²) in [5.41, 5.74) is -1.89. The summed E-state index contributed by atoms with van der Waals surface area (Å²) in [5.74, 6) is -0.910. The van der Waals surface area contributed by atoms with E-state index in [-0.39, 0.29) is 22.1 Å². The van der Waals surface area contributed by atoms with Gasteiger partial charge in [-0.1, -0.05) is 32.9 Å². The van der Waals surface area contributed by atoms with Gasteiger partial charge >= 0.3 is 12.2 Å². The van der Waals surface area contributed by atoms with Crippen LogP contribution in [0.2, 0.25) is 0 Å². The van der Waals surface area contributed by atoms with Crippen molar-refractivity contribution >= 4 is 27.7 Å². The fraction of sp³-hybridized carbons (Fsp3) is 0.333. The Kier molecular flexibility index (Phi) is 6.21. The number of benzene rings is 1. The molecule has 1 aromatic heterocycles. The van der Waals surface area contributed by atoms with E-state index in [0.29, 0.717) is 0 Å². The zero-order chi connectivity index (χ0) is 22.9. The number of carbonyl (C=O) groups excluding carboxylic acids is 2. The van der Waals surface area contributed by atoms with Crippen molar-refractivity contribution < 1.29 is 31.2 Å². The van der Waals surface area contributed by atoms with Crippen LogP contribution in [0.3, 0.4) is 0 Å². The van der Waals surface area contributed by atoms with Gasteiger partial charge in [-0.15, -0.1) is 0 Å². The standard InChI is InChI=1S/C18H19F3N4O4S/c1-17(2,3)14(26)24-16(27)25-15-22-9-12(30(4,28)29)13(23-15)10-5-7-11(8-6-10)18(19,20)21/h5-9H,1-4H3,(H2,22,23,24,25,26,27). The van der Waals surface area contributed by atoms with Crippen molar-refractivity contribution in [1.82, 2.24) is 15.3 Å². The Hall–Kier alpha value is -3.02. The normalized spacial score (nSPS) is 12.4. The van der Waals surface area contributed by atoms with Crippen molar-refractivity contribution in [3.8, 4) is 11.3 Å². The minimum atomic E-state index is -4.56. The number of sulfone groups is 1. The fourth-order valence-corrected chi connectivity index (χ4v) is 2.91. The van der Waals surface area contributed by atoms with Crippen LogP contribution in [-0.4, -0.2) is 36.6 Å². The number of urea groups is 1. The predicted octanol–water partition coefficient (Wildman–Crippen LogP) is 3.26. The van der Waals surface area contributed by atoms with Gasteiger partial charge in [-0.05, 0) is 12.1 Å². The molecule has 2 N–H and O–H groups in total. The Labute approximate surface area is 170 Å². The molecule has 0 aliphatic heterocycles. The van der Waals surface area contributed by atoms with Crippen molar-refractivity contribution in [2.75, 3.05) is 11.6 Å². The second-order valence-corrected chi connectivity index (χ2v) is 9.40. The van der Waals surface area contributed by atoms with Crippen LogP contribution in [0.5, 0.6) is 0 Å². The zero-order valence-corrected chi connectivity index (χ0v) is 17.3. The summed E-state index contributed by atoms with van der Waals surface area (Å²) in [5, 5.41) is 4.29. The molecule has 0 unspecified atom stereocenters. The number of halogens is 3. The Morgan fingerprint density at radius 3 is 2.07 bits per heavy atom. The van der Waals surface area contributed by atoms with Crippen molar-refractivity contribution in [2.24, 2.45) is 5.41 Å². The Morgan fingerprint density at radius 1 is 1.03 bits per heavy atom. The quantitative estimate of drug-likeness (QED) is 0.750. The molecule has 3 amide bonds. The highest BCUT2D eigenvalue weighted by atomic mass is 32.2. The largest absolute Gasteiger partial charge is 0.416 e. The second kappa shape index (κ2) is 8.01. The number of hydrogen-bond donors (Lipinski definition) is 2. The van der Waals surface area contributed by atoms with Crippen LogP contribution in [0.25, 0.3) is 11.3 Å². The van der Waals surface area contributed by atoms with Crippen LogP contribution >= 0.6 is 0 Å². The smallest absolute Gasteiger partial charge is 0.277 e. The molecule has 0 spiro atoms. The van der Waals surface area contributed by atoms with E-state index in [4.69, 9.17) is 0 Å². The molecular formula is C18H19F3N4O4S. The molecule has 1 heterocycles. The molecule has 30 heavy (non-hydrogen) atoms. The fourth-order valence-electron chi connectivity index (χ4n) is 2.15. The molecule has 0 aliphatic rings. The molecule has 2 aromatic rings. The van der Waals surface area contributed by atoms with Crippen LogP contribution in [0.15, 0.2) is 35.4 Å². The van der Waals surface area contributed by atoms with Gasteiger partial charge in [-0.2, -0.15) is 13.2 Å². The maximum atomic E-state index is 12.8. The van der Waals surface area contributed by atoms with Crippen LogP contribution in [0.4, 0.5) is 23.9 Å². The van der Waals surface area contributed by atoms with Crippen LogP contribution < -0.4 is 10.6 Å². The third-order valence-corrected chi connectivity index (χ3v) is 4.87. The first-order valence-corrected chi connectivity index (χ1v) is 10.4. The van der Waals surface area contributed by atoms with Gasteiger partial charge in [-0.25, -0.2) is 23.2 Å². The van der Waals surface area contributed by atoms with Crippen molar-refractivity contribution in [1.29, 1.82) is 0 Å². The lowest BCUT2D eigenvalue weighted by Crippen LogP contribution is -2.41. The summed E-state index contributed by atoms with van der Waals surface area (Å²) in [6, 6.07) is 2.75. The first-order chi connectivity index (χ1) is 13.6. The Bertz CT molecular complexity index is 1080. The van der Waals surface area contributed by atoms with E-state index in [0.717, 1.165) is 36.7 Å². The highest BCUT2D eigenvalue weighted by molar-refractivity contribution is 7.90. The minimum absolute atomic E-state index is 0.0695. The van der Waals surface area contributed by atoms with E-state index in [2.05, 4.69) is 20.6 Å². The highest BCUT2D eigenvalue weighted by Crippen LogP contribution is 2.32. The average molecular weight is 444 g/mol. The third kappa shape index (κ3) is 5.75. The lowest BCUT2D eigenvalue weighted by Gasteiger charge is -2.17. The van der Waals surface area contributed by atoms with Crippen molar-refractivity contribution in [3.05, 3.63) is 36.0 Å². The molecule has 0 saturated heterocycles. The number of aromatic nitrogens is 2. The SMILES string of the molecule is CC(C)(C)C(=O)NC(=O)Nc1ncc(S(C)(=O)=O)c(-c2ccc(C(F)(F)F)cc2)n1. The first-order valence-electron chi connectivity index (χ1n) is 8.46. The number of carbonyl (C=O) groups is 2. The van der Waals surface area contributed by atoms with Crippen LogP contribution in [0.1, 0.15) is 26.3 Å². The van der Waals surface area contributed by atoms with Gasteiger partial charge in [0.2, 0.25) is 11.9 Å². The molecule has 12 heteroatoms. The number of nitrogens with one attached hydrogen (secondary N) is 2. The van der Waals surface area contributed by atoms with Crippen LogP contribution in [0, 0.1) is 5.41 Å². The molecule has 8 nitrogen and oxygen atoms in total. The van der Waals surface area contributed by atoms with E-state index < -0.39 is 38.9 Å². The van der Waals surface area contributed by atoms with Gasteiger partial charge in [0, 0.05) is 17.2 Å². The van der Waals surface area contributed by atoms with Gasteiger partial charge in [0.15, 0.2) is 9.84 Å². The van der Waals surface area contributed by atoms with Gasteiger partial charge < -0.3 is 0 Å². The summed E-state index contributed by atoms with van der Waals surface area (Å²) >= 11 is 0. The first kappa shape index (κ1) is 23.3. The summed E-state index contributed by atoms with van der Waals surface area (Å²) in [6.45, 7) is 4.78. The molecular weight excluding hydrogens is 425 g/mol. The van der Waals surface area contributed by atoms with E-state index in [1.165, 1.54) is 0 Å². The number of rotatable bonds is 3. The van der Waals surface area contributed by atoms with Gasteiger partial charge in [-0.3, -0.25) is 15.4 Å². The van der Waals surface area contributed by atoms with Crippen molar-refractivity contribution in [3.63, 3.8) is 0 Å². The lowest BCUT2D eigenvalue weighted by molar-refractivity contribution is -0.137. The zero-order valence-electron chi connectivity index (χ0n) is 16.5. The molecule has 0 aliphatic carbocycles. The van der Waals surface area contributed by atoms with Crippen LogP contribution in [-0.2, 0) is 20.8 Å². The van der Waals surface area contributed by atoms with Gasteiger partial charge in [0.25, 0.3) is 0 Å². The minimum Gasteiger partial charge on any atom is -0.277 e. The molecule has 0 fully saturated rings. The third-order valence-electron chi connectivity index (χ3n) is 3.77. The number of anilines is 1. The molecule has 0 bridgehead atoms. The van der Waals surface area contributed by atoms with Gasteiger partial charge in [0.05, 0.1) is 17.5 Å². The van der Waals surface area contributed by atoms with E-state index in [1.807, 2.05) is 0 Å². The average Bonchev–Trinajstić information content (AvgIpc) is 2.59. The predicted molar refractivity (Wildman–Crippen MR) is 102 cm³/mol. The second-order valence-electron chi connectivity index (χ2n) is 7.41. The summed E-state index contributed by atoms with van der Waals surface area (Å²) in [7, 11) is -3.83. The number of imide groups is 1.